The van der Waals surface area contributed by atoms with Crippen LogP contribution < -0.4 is 15.6 Å². The van der Waals surface area contributed by atoms with Crippen molar-refractivity contribution in [1.29, 1.82) is 0 Å². The zero-order valence-electron chi connectivity index (χ0n) is 18.4. The monoisotopic (exact) mass is 479 g/mol. The Labute approximate surface area is 198 Å². The highest BCUT2D eigenvalue weighted by atomic mass is 32.2. The van der Waals surface area contributed by atoms with Crippen molar-refractivity contribution in [2.45, 2.75) is 12.1 Å². The molecule has 0 atom stereocenters. The highest BCUT2D eigenvalue weighted by molar-refractivity contribution is 7.99. The Bertz CT molecular complexity index is 1400. The average Bonchev–Trinajstić information content (AvgIpc) is 3.28. The molecule has 0 aliphatic rings. The molecule has 34 heavy (non-hydrogen) atoms. The summed E-state index contributed by atoms with van der Waals surface area (Å²) < 4.78 is 11.9. The number of amides is 1. The van der Waals surface area contributed by atoms with Gasteiger partial charge in [0.1, 0.15) is 16.8 Å². The van der Waals surface area contributed by atoms with E-state index in [0.29, 0.717) is 33.7 Å². The van der Waals surface area contributed by atoms with E-state index in [1.54, 1.807) is 44.4 Å². The lowest BCUT2D eigenvalue weighted by Gasteiger charge is -2.09. The van der Waals surface area contributed by atoms with Gasteiger partial charge in [-0.2, -0.15) is 5.10 Å². The fourth-order valence-corrected chi connectivity index (χ4v) is 3.84. The number of hydrogen-bond acceptors (Lipinski definition) is 8. The van der Waals surface area contributed by atoms with Crippen LogP contribution in [0.5, 0.6) is 5.75 Å². The first kappa shape index (κ1) is 23.1. The molecule has 0 saturated carbocycles. The molecule has 4 rings (SSSR count). The number of nitrogens with one attached hydrogen (secondary N) is 2. The number of aromatic nitrogens is 4. The van der Waals surface area contributed by atoms with Crippen molar-refractivity contribution in [3.05, 3.63) is 70.6 Å². The summed E-state index contributed by atoms with van der Waals surface area (Å²) in [5.74, 6) is -0.127. The van der Waals surface area contributed by atoms with Crippen LogP contribution in [-0.4, -0.2) is 51.1 Å². The van der Waals surface area contributed by atoms with Crippen LogP contribution in [-0.2, 0) is 9.53 Å². The summed E-state index contributed by atoms with van der Waals surface area (Å²) in [5, 5.41) is 7.63. The fraction of sp³-hybridized carbons (Fsp3) is 0.174. The SMILES string of the molecule is CCOC(=O)c1ccc(NC(=O)CSc2nc3c(cnn3-c3ccccc3OC)c(=O)[nH]2)cc1. The Morgan fingerprint density at radius 2 is 1.91 bits per heavy atom. The normalized spacial score (nSPS) is 10.8. The third-order valence-electron chi connectivity index (χ3n) is 4.75. The molecular formula is C23H21N5O5S. The van der Waals surface area contributed by atoms with Crippen LogP contribution in [0, 0.1) is 0 Å². The number of aromatic amines is 1. The van der Waals surface area contributed by atoms with Gasteiger partial charge in [-0.1, -0.05) is 23.9 Å². The Balaban J connectivity index is 1.48. The van der Waals surface area contributed by atoms with E-state index in [4.69, 9.17) is 9.47 Å². The van der Waals surface area contributed by atoms with E-state index in [-0.39, 0.29) is 29.0 Å². The molecule has 0 saturated heterocycles. The molecule has 0 unspecified atom stereocenters. The second kappa shape index (κ2) is 10.2. The predicted octanol–water partition coefficient (Wildman–Crippen LogP) is 3.02. The summed E-state index contributed by atoms with van der Waals surface area (Å²) in [6.45, 7) is 2.02. The fourth-order valence-electron chi connectivity index (χ4n) is 3.18. The number of fused-ring (bicyclic) bond motifs is 1. The Kier molecular flexibility index (Phi) is 6.93. The number of anilines is 1. The van der Waals surface area contributed by atoms with Crippen LogP contribution in [0.4, 0.5) is 5.69 Å². The summed E-state index contributed by atoms with van der Waals surface area (Å²) in [6, 6.07) is 13.6. The molecule has 2 N–H and O–H groups in total. The zero-order valence-corrected chi connectivity index (χ0v) is 19.2. The largest absolute Gasteiger partial charge is 0.494 e. The van der Waals surface area contributed by atoms with Gasteiger partial charge in [0.2, 0.25) is 5.91 Å². The summed E-state index contributed by atoms with van der Waals surface area (Å²) in [4.78, 5) is 43.8. The number of nitrogens with zero attached hydrogens (tertiary/aromatic N) is 3. The maximum absolute atomic E-state index is 12.5. The number of ether oxygens (including phenoxy) is 2. The van der Waals surface area contributed by atoms with Crippen molar-refractivity contribution >= 4 is 40.4 Å². The number of rotatable bonds is 8. The second-order valence-electron chi connectivity index (χ2n) is 6.97. The van der Waals surface area contributed by atoms with E-state index in [2.05, 4.69) is 20.4 Å². The van der Waals surface area contributed by atoms with Crippen LogP contribution >= 0.6 is 11.8 Å². The van der Waals surface area contributed by atoms with Gasteiger partial charge in [-0.15, -0.1) is 0 Å². The molecular weight excluding hydrogens is 458 g/mol. The molecule has 0 bridgehead atoms. The number of hydrogen-bond donors (Lipinski definition) is 2. The smallest absolute Gasteiger partial charge is 0.338 e. The highest BCUT2D eigenvalue weighted by Crippen LogP contribution is 2.25. The van der Waals surface area contributed by atoms with E-state index in [1.807, 2.05) is 18.2 Å². The lowest BCUT2D eigenvalue weighted by molar-refractivity contribution is -0.113. The molecule has 0 spiro atoms. The van der Waals surface area contributed by atoms with Crippen LogP contribution in [0.15, 0.2) is 64.7 Å². The Morgan fingerprint density at radius 1 is 1.15 bits per heavy atom. The Morgan fingerprint density at radius 3 is 2.65 bits per heavy atom. The molecule has 0 aliphatic carbocycles. The van der Waals surface area contributed by atoms with Crippen LogP contribution in [0.2, 0.25) is 0 Å². The summed E-state index contributed by atoms with van der Waals surface area (Å²) >= 11 is 1.08. The molecule has 2 aromatic carbocycles. The van der Waals surface area contributed by atoms with Gasteiger partial charge in [0.05, 0.1) is 31.2 Å². The number of carbonyl (C=O) groups is 2. The first-order chi connectivity index (χ1) is 16.5. The topological polar surface area (TPSA) is 128 Å². The molecule has 10 nitrogen and oxygen atoms in total. The number of carbonyl (C=O) groups excluding carboxylic acids is 2. The molecule has 4 aromatic rings. The lowest BCUT2D eigenvalue weighted by Crippen LogP contribution is -2.16. The average molecular weight is 480 g/mol. The quantitative estimate of drug-likeness (QED) is 0.224. The van der Waals surface area contributed by atoms with Crippen LogP contribution in [0.25, 0.3) is 16.7 Å². The highest BCUT2D eigenvalue weighted by Gasteiger charge is 2.15. The van der Waals surface area contributed by atoms with Crippen molar-refractivity contribution in [1.82, 2.24) is 19.7 Å². The van der Waals surface area contributed by atoms with Crippen molar-refractivity contribution in [2.24, 2.45) is 0 Å². The molecule has 11 heteroatoms. The lowest BCUT2D eigenvalue weighted by atomic mass is 10.2. The van der Waals surface area contributed by atoms with E-state index < -0.39 is 5.97 Å². The molecule has 0 aliphatic heterocycles. The first-order valence-electron chi connectivity index (χ1n) is 10.3. The molecule has 174 valence electrons. The minimum Gasteiger partial charge on any atom is -0.494 e. The van der Waals surface area contributed by atoms with E-state index >= 15 is 0 Å². The van der Waals surface area contributed by atoms with Crippen LogP contribution in [0.3, 0.4) is 0 Å². The number of esters is 1. The second-order valence-corrected chi connectivity index (χ2v) is 7.94. The summed E-state index contributed by atoms with van der Waals surface area (Å²) in [5.41, 5.74) is 1.56. The van der Waals surface area contributed by atoms with E-state index in [9.17, 15) is 14.4 Å². The van der Waals surface area contributed by atoms with Crippen LogP contribution in [0.1, 0.15) is 17.3 Å². The van der Waals surface area contributed by atoms with Gasteiger partial charge < -0.3 is 19.8 Å². The maximum atomic E-state index is 12.5. The van der Waals surface area contributed by atoms with Gasteiger partial charge in [-0.25, -0.2) is 14.5 Å². The first-order valence-corrected chi connectivity index (χ1v) is 11.3. The van der Waals surface area contributed by atoms with Crippen molar-refractivity contribution in [2.75, 3.05) is 24.8 Å². The van der Waals surface area contributed by atoms with Crippen molar-refractivity contribution in [3.63, 3.8) is 0 Å². The number of thioether (sulfide) groups is 1. The number of H-pyrrole nitrogens is 1. The standard InChI is InChI=1S/C23H21N5O5S/c1-3-33-22(31)14-8-10-15(11-9-14)25-19(29)13-34-23-26-20-16(21(30)27-23)12-24-28(20)17-6-4-5-7-18(17)32-2/h4-12H,3,13H2,1-2H3,(H,25,29)(H,26,27,30). The van der Waals surface area contributed by atoms with Gasteiger partial charge in [-0.05, 0) is 43.3 Å². The van der Waals surface area contributed by atoms with E-state index in [1.165, 1.54) is 10.9 Å². The van der Waals surface area contributed by atoms with Gasteiger partial charge in [0, 0.05) is 5.69 Å². The minimum atomic E-state index is -0.422. The van der Waals surface area contributed by atoms with Gasteiger partial charge >= 0.3 is 5.97 Å². The van der Waals surface area contributed by atoms with Crippen molar-refractivity contribution < 1.29 is 19.1 Å². The molecule has 1 amide bonds. The maximum Gasteiger partial charge on any atom is 0.338 e. The predicted molar refractivity (Wildman–Crippen MR) is 128 cm³/mol. The molecule has 0 fully saturated rings. The number of methoxy groups -OCH3 is 1. The van der Waals surface area contributed by atoms with Gasteiger partial charge in [0.15, 0.2) is 10.8 Å². The number of para-hydroxylation sites is 2. The van der Waals surface area contributed by atoms with Crippen molar-refractivity contribution in [3.8, 4) is 11.4 Å². The van der Waals surface area contributed by atoms with Gasteiger partial charge in [-0.3, -0.25) is 9.59 Å². The van der Waals surface area contributed by atoms with Gasteiger partial charge in [0.25, 0.3) is 5.56 Å². The van der Waals surface area contributed by atoms with E-state index in [0.717, 1.165) is 11.8 Å². The molecule has 0 radical (unpaired) electrons. The summed E-state index contributed by atoms with van der Waals surface area (Å²) in [7, 11) is 1.55. The zero-order chi connectivity index (χ0) is 24.1. The third kappa shape index (κ3) is 4.94. The summed E-state index contributed by atoms with van der Waals surface area (Å²) in [6.07, 6.45) is 1.44. The minimum absolute atomic E-state index is 0.0108. The third-order valence-corrected chi connectivity index (χ3v) is 5.62. The Hall–Kier alpha value is -4.12. The number of benzene rings is 2. The molecule has 2 heterocycles. The molecule has 2 aromatic heterocycles.